The fraction of sp³-hybridized carbons (Fsp3) is 0.429. The first-order valence-electron chi connectivity index (χ1n) is 7.12. The van der Waals surface area contributed by atoms with Crippen LogP contribution in [0.5, 0.6) is 0 Å². The molecule has 23 heavy (non-hydrogen) atoms. The van der Waals surface area contributed by atoms with Gasteiger partial charge in [0.15, 0.2) is 0 Å². The molecule has 1 fully saturated rings. The van der Waals surface area contributed by atoms with Crippen molar-refractivity contribution < 1.29 is 21.2 Å². The number of piperidine rings is 1. The lowest BCUT2D eigenvalue weighted by Crippen LogP contribution is -2.43. The maximum atomic E-state index is 13.3. The molecule has 9 heteroatoms. The van der Waals surface area contributed by atoms with Gasteiger partial charge in [-0.1, -0.05) is 12.6 Å². The maximum Gasteiger partial charge on any atom is 0.243 e. The molecule has 1 saturated heterocycles. The number of rotatable bonds is 6. The lowest BCUT2D eigenvalue weighted by atomic mass is 10.0. The summed E-state index contributed by atoms with van der Waals surface area (Å²) in [7, 11) is -7.31. The minimum Gasteiger partial charge on any atom is -0.211 e. The van der Waals surface area contributed by atoms with Crippen molar-refractivity contribution >= 4 is 20.0 Å². The molecule has 1 N–H and O–H groups in total. The Labute approximate surface area is 136 Å². The van der Waals surface area contributed by atoms with Crippen LogP contribution in [0.25, 0.3) is 0 Å². The molecule has 0 bridgehead atoms. The number of sulfonamides is 2. The lowest BCUT2D eigenvalue weighted by molar-refractivity contribution is 0.267. The van der Waals surface area contributed by atoms with E-state index >= 15 is 0 Å². The molecule has 1 heterocycles. The Morgan fingerprint density at radius 3 is 2.74 bits per heavy atom. The van der Waals surface area contributed by atoms with Crippen LogP contribution in [0.2, 0.25) is 0 Å². The Morgan fingerprint density at radius 1 is 1.35 bits per heavy atom. The molecule has 1 aliphatic heterocycles. The van der Waals surface area contributed by atoms with E-state index in [1.165, 1.54) is 22.5 Å². The van der Waals surface area contributed by atoms with Gasteiger partial charge in [-0.05, 0) is 37.0 Å². The zero-order chi connectivity index (χ0) is 17.1. The van der Waals surface area contributed by atoms with E-state index in [4.69, 9.17) is 0 Å². The monoisotopic (exact) mass is 362 g/mol. The molecule has 1 atom stereocenters. The van der Waals surface area contributed by atoms with Gasteiger partial charge in [0.25, 0.3) is 0 Å². The van der Waals surface area contributed by atoms with Crippen LogP contribution in [0.3, 0.4) is 0 Å². The van der Waals surface area contributed by atoms with Crippen LogP contribution in [0, 0.1) is 11.7 Å². The van der Waals surface area contributed by atoms with Crippen LogP contribution < -0.4 is 4.72 Å². The van der Waals surface area contributed by atoms with Crippen LogP contribution in [-0.2, 0) is 20.0 Å². The van der Waals surface area contributed by atoms with Gasteiger partial charge in [0.2, 0.25) is 20.0 Å². The van der Waals surface area contributed by atoms with Crippen molar-refractivity contribution in [2.45, 2.75) is 17.7 Å². The summed E-state index contributed by atoms with van der Waals surface area (Å²) in [6.45, 7) is 3.88. The fourth-order valence-electron chi connectivity index (χ4n) is 2.48. The van der Waals surface area contributed by atoms with E-state index in [1.807, 2.05) is 0 Å². The van der Waals surface area contributed by atoms with Crippen molar-refractivity contribution in [3.63, 3.8) is 0 Å². The lowest BCUT2D eigenvalue weighted by Gasteiger charge is -2.31. The van der Waals surface area contributed by atoms with Gasteiger partial charge in [-0.15, -0.1) is 0 Å². The Hall–Kier alpha value is -1.29. The third-order valence-corrected chi connectivity index (χ3v) is 6.58. The van der Waals surface area contributed by atoms with Gasteiger partial charge < -0.3 is 0 Å². The van der Waals surface area contributed by atoms with Gasteiger partial charge >= 0.3 is 0 Å². The number of nitrogens with zero attached hydrogens (tertiary/aromatic N) is 1. The number of nitrogens with one attached hydrogen (secondary N) is 1. The highest BCUT2D eigenvalue weighted by molar-refractivity contribution is 7.92. The molecular weight excluding hydrogens is 343 g/mol. The average Bonchev–Trinajstić information content (AvgIpc) is 2.53. The zero-order valence-corrected chi connectivity index (χ0v) is 14.1. The third kappa shape index (κ3) is 4.60. The highest BCUT2D eigenvalue weighted by Gasteiger charge is 2.30. The topological polar surface area (TPSA) is 83.6 Å². The standard InChI is InChI=1S/C14H19FN2O4S2/c1-2-22(18,19)16-10-12-5-4-8-17(11-12)23(20,21)14-7-3-6-13(15)9-14/h2-3,6-7,9,12,16H,1,4-5,8,10-11H2/t12-/m1/s1. The van der Waals surface area contributed by atoms with E-state index in [2.05, 4.69) is 11.3 Å². The highest BCUT2D eigenvalue weighted by atomic mass is 32.2. The third-order valence-electron chi connectivity index (χ3n) is 3.71. The second kappa shape index (κ2) is 7.08. The van der Waals surface area contributed by atoms with Crippen LogP contribution in [0.4, 0.5) is 4.39 Å². The van der Waals surface area contributed by atoms with Gasteiger partial charge in [0.1, 0.15) is 5.82 Å². The number of hydrogen-bond acceptors (Lipinski definition) is 4. The molecule has 0 radical (unpaired) electrons. The Kier molecular flexibility index (Phi) is 5.56. The van der Waals surface area contributed by atoms with Gasteiger partial charge in [0.05, 0.1) is 4.90 Å². The normalized spacial score (nSPS) is 20.3. The van der Waals surface area contributed by atoms with Crippen LogP contribution >= 0.6 is 0 Å². The van der Waals surface area contributed by atoms with Crippen LogP contribution in [0.1, 0.15) is 12.8 Å². The summed E-state index contributed by atoms with van der Waals surface area (Å²) >= 11 is 0. The van der Waals surface area contributed by atoms with Gasteiger partial charge in [-0.2, -0.15) is 4.31 Å². The van der Waals surface area contributed by atoms with E-state index in [-0.39, 0.29) is 23.9 Å². The summed E-state index contributed by atoms with van der Waals surface area (Å²) in [6.07, 6.45) is 1.34. The molecule has 0 unspecified atom stereocenters. The second-order valence-corrected chi connectivity index (χ2v) is 9.04. The van der Waals surface area contributed by atoms with Crippen molar-refractivity contribution in [1.82, 2.24) is 9.03 Å². The Morgan fingerprint density at radius 2 is 2.09 bits per heavy atom. The smallest absolute Gasteiger partial charge is 0.211 e. The predicted molar refractivity (Wildman–Crippen MR) is 85.0 cm³/mol. The molecule has 0 spiro atoms. The zero-order valence-electron chi connectivity index (χ0n) is 12.5. The molecular formula is C14H19FN2O4S2. The first-order chi connectivity index (χ1) is 10.7. The summed E-state index contributed by atoms with van der Waals surface area (Å²) in [6, 6.07) is 4.87. The Bertz CT molecular complexity index is 778. The SMILES string of the molecule is C=CS(=O)(=O)NC[C@H]1CCCN(S(=O)(=O)c2cccc(F)c2)C1. The summed E-state index contributed by atoms with van der Waals surface area (Å²) in [4.78, 5) is -0.0928. The quantitative estimate of drug-likeness (QED) is 0.826. The molecule has 1 aromatic carbocycles. The number of hydrogen-bond donors (Lipinski definition) is 1. The number of halogens is 1. The second-order valence-electron chi connectivity index (χ2n) is 5.39. The molecule has 1 aromatic rings. The van der Waals surface area contributed by atoms with Crippen LogP contribution in [0.15, 0.2) is 41.1 Å². The summed E-state index contributed by atoms with van der Waals surface area (Å²) in [5.41, 5.74) is 0. The first kappa shape index (κ1) is 18.1. The Balaban J connectivity index is 2.10. The van der Waals surface area contributed by atoms with Gasteiger partial charge in [-0.3, -0.25) is 0 Å². The summed E-state index contributed by atoms with van der Waals surface area (Å²) < 4.78 is 64.8. The molecule has 2 rings (SSSR count). The largest absolute Gasteiger partial charge is 0.243 e. The van der Waals surface area contributed by atoms with Gasteiger partial charge in [0, 0.05) is 25.0 Å². The molecule has 6 nitrogen and oxygen atoms in total. The van der Waals surface area contributed by atoms with Crippen molar-refractivity contribution in [2.24, 2.45) is 5.92 Å². The predicted octanol–water partition coefficient (Wildman–Crippen LogP) is 1.29. The van der Waals surface area contributed by atoms with E-state index in [1.54, 1.807) is 0 Å². The van der Waals surface area contributed by atoms with E-state index < -0.39 is 25.9 Å². The molecule has 0 aromatic heterocycles. The highest BCUT2D eigenvalue weighted by Crippen LogP contribution is 2.24. The van der Waals surface area contributed by atoms with E-state index in [0.717, 1.165) is 17.9 Å². The van der Waals surface area contributed by atoms with E-state index in [0.29, 0.717) is 13.0 Å². The summed E-state index contributed by atoms with van der Waals surface area (Å²) in [5.74, 6) is -0.750. The maximum absolute atomic E-state index is 13.3. The molecule has 128 valence electrons. The molecule has 0 amide bonds. The van der Waals surface area contributed by atoms with Crippen molar-refractivity contribution in [2.75, 3.05) is 19.6 Å². The van der Waals surface area contributed by atoms with E-state index in [9.17, 15) is 21.2 Å². The molecule has 1 aliphatic rings. The average molecular weight is 362 g/mol. The van der Waals surface area contributed by atoms with Crippen molar-refractivity contribution in [3.05, 3.63) is 42.1 Å². The minimum atomic E-state index is -3.78. The summed E-state index contributed by atoms with van der Waals surface area (Å²) in [5, 5.41) is 0.817. The molecule has 0 saturated carbocycles. The van der Waals surface area contributed by atoms with Crippen LogP contribution in [-0.4, -0.2) is 40.8 Å². The minimum absolute atomic E-state index is 0.0928. The first-order valence-corrected chi connectivity index (χ1v) is 10.1. The van der Waals surface area contributed by atoms with Gasteiger partial charge in [-0.25, -0.2) is 25.9 Å². The fourth-order valence-corrected chi connectivity index (χ4v) is 4.65. The number of benzene rings is 1. The van der Waals surface area contributed by atoms with Crippen molar-refractivity contribution in [3.8, 4) is 0 Å². The molecule has 0 aliphatic carbocycles. The van der Waals surface area contributed by atoms with Crippen molar-refractivity contribution in [1.29, 1.82) is 0 Å².